The van der Waals surface area contributed by atoms with Gasteiger partial charge in [-0.1, -0.05) is 64.1 Å². The molecular weight excluding hydrogens is 555 g/mol. The van der Waals surface area contributed by atoms with Crippen LogP contribution in [0.3, 0.4) is 0 Å². The first-order valence-corrected chi connectivity index (χ1v) is 16.7. The van der Waals surface area contributed by atoms with Crippen LogP contribution in [-0.4, -0.2) is 64.7 Å². The zero-order valence-electron chi connectivity index (χ0n) is 24.8. The number of carbonyl (C=O) groups excluding carboxylic acids is 1. The molecule has 0 aliphatic rings. The monoisotopic (exact) mass is 592 g/mol. The number of hydrogen-bond donors (Lipinski definition) is 0. The quantitative estimate of drug-likeness (QED) is 0.147. The van der Waals surface area contributed by atoms with E-state index in [2.05, 4.69) is 28.6 Å². The molecule has 0 heterocycles. The Hall–Kier alpha value is -4.51. The topological polar surface area (TPSA) is 94.3 Å². The van der Waals surface area contributed by atoms with Gasteiger partial charge in [-0.15, -0.1) is 0 Å². The van der Waals surface area contributed by atoms with Crippen molar-refractivity contribution in [2.24, 2.45) is 15.5 Å². The van der Waals surface area contributed by atoms with Crippen LogP contribution in [0.2, 0.25) is 13.1 Å². The first-order valence-electron chi connectivity index (χ1n) is 13.5. The number of carbonyl (C=O) groups is 1. The molecule has 0 N–H and O–H groups in total. The van der Waals surface area contributed by atoms with E-state index >= 15 is 0 Å². The van der Waals surface area contributed by atoms with Crippen molar-refractivity contribution in [2.45, 2.75) is 26.9 Å². The maximum Gasteiger partial charge on any atom is 0.279 e. The lowest BCUT2D eigenvalue weighted by molar-refractivity contribution is -0.112. The Morgan fingerprint density at radius 2 is 1.57 bits per heavy atom. The average molecular weight is 593 g/mol. The number of hydrogen-bond acceptors (Lipinski definition) is 8. The molecular formula is C31H37FN4O5Si. The molecule has 0 atom stereocenters. The van der Waals surface area contributed by atoms with Gasteiger partial charge in [0.15, 0.2) is 12.3 Å². The minimum atomic E-state index is -1.94. The fourth-order valence-corrected chi connectivity index (χ4v) is 5.61. The molecule has 1 amide bonds. The SMILES string of the molecule is CCON=C(C(C)=NOCC(=NOC)C(=O)N(C)c1ccccc1)c1ccc(OC[Si](C)(C)c2ccc(F)cc2)cc1. The van der Waals surface area contributed by atoms with E-state index < -0.39 is 8.07 Å². The summed E-state index contributed by atoms with van der Waals surface area (Å²) in [6, 6.07) is 23.2. The van der Waals surface area contributed by atoms with E-state index in [-0.39, 0.29) is 24.0 Å². The van der Waals surface area contributed by atoms with Crippen molar-refractivity contribution in [3.63, 3.8) is 0 Å². The van der Waals surface area contributed by atoms with E-state index in [1.807, 2.05) is 73.7 Å². The molecule has 0 aromatic heterocycles. The third-order valence-electron chi connectivity index (χ3n) is 6.28. The molecule has 42 heavy (non-hydrogen) atoms. The van der Waals surface area contributed by atoms with Crippen LogP contribution in [0.15, 0.2) is 94.3 Å². The van der Waals surface area contributed by atoms with Crippen molar-refractivity contribution < 1.29 is 28.4 Å². The Kier molecular flexibility index (Phi) is 11.8. The summed E-state index contributed by atoms with van der Waals surface area (Å²) in [6.07, 6.45) is 0.537. The van der Waals surface area contributed by atoms with E-state index in [1.54, 1.807) is 14.0 Å². The second kappa shape index (κ2) is 15.5. The van der Waals surface area contributed by atoms with Crippen molar-refractivity contribution >= 4 is 42.0 Å². The minimum Gasteiger partial charge on any atom is -0.497 e. The molecule has 3 aromatic carbocycles. The second-order valence-corrected chi connectivity index (χ2v) is 14.6. The number of amides is 1. The van der Waals surface area contributed by atoms with Gasteiger partial charge in [0.1, 0.15) is 44.8 Å². The highest BCUT2D eigenvalue weighted by atomic mass is 28.3. The molecule has 0 unspecified atom stereocenters. The van der Waals surface area contributed by atoms with Crippen LogP contribution < -0.4 is 14.8 Å². The summed E-state index contributed by atoms with van der Waals surface area (Å²) in [5.41, 5.74) is 2.37. The minimum absolute atomic E-state index is 0.0392. The molecule has 0 aliphatic carbocycles. The lowest BCUT2D eigenvalue weighted by Gasteiger charge is -2.23. The molecule has 0 bridgehead atoms. The van der Waals surface area contributed by atoms with Crippen molar-refractivity contribution in [2.75, 3.05) is 38.5 Å². The van der Waals surface area contributed by atoms with Gasteiger partial charge in [-0.2, -0.15) is 0 Å². The fraction of sp³-hybridized carbons (Fsp3) is 0.290. The molecule has 11 heteroatoms. The molecule has 0 saturated carbocycles. The highest BCUT2D eigenvalue weighted by Crippen LogP contribution is 2.17. The summed E-state index contributed by atoms with van der Waals surface area (Å²) in [4.78, 5) is 30.1. The zero-order valence-corrected chi connectivity index (χ0v) is 25.8. The third-order valence-corrected chi connectivity index (χ3v) is 9.04. The number of halogens is 1. The first-order chi connectivity index (χ1) is 20.2. The molecule has 0 aliphatic heterocycles. The Balaban J connectivity index is 1.68. The van der Waals surface area contributed by atoms with Crippen molar-refractivity contribution in [1.29, 1.82) is 0 Å². The van der Waals surface area contributed by atoms with Crippen molar-refractivity contribution in [1.82, 2.24) is 0 Å². The van der Waals surface area contributed by atoms with Crippen LogP contribution in [-0.2, 0) is 19.3 Å². The van der Waals surface area contributed by atoms with Crippen LogP contribution in [0.25, 0.3) is 0 Å². The van der Waals surface area contributed by atoms with Crippen LogP contribution in [0.5, 0.6) is 5.75 Å². The Morgan fingerprint density at radius 3 is 2.19 bits per heavy atom. The number of benzene rings is 3. The van der Waals surface area contributed by atoms with E-state index in [1.165, 1.54) is 24.1 Å². The molecule has 222 valence electrons. The van der Waals surface area contributed by atoms with E-state index in [4.69, 9.17) is 19.2 Å². The normalized spacial score (nSPS) is 12.5. The smallest absolute Gasteiger partial charge is 0.279 e. The standard InChI is InChI=1S/C31H37FN4O5Si/c1-7-40-35-30(23(2)33-41-21-29(34-38-4)31(37)36(3)26-11-9-8-10-12-26)24-13-17-27(18-14-24)39-22-42(5,6)28-19-15-25(32)16-20-28/h8-20H,7,21-22H2,1-6H3. The highest BCUT2D eigenvalue weighted by molar-refractivity contribution is 6.89. The van der Waals surface area contributed by atoms with Gasteiger partial charge in [0.2, 0.25) is 0 Å². The average Bonchev–Trinajstić information content (AvgIpc) is 3.00. The summed E-state index contributed by atoms with van der Waals surface area (Å²) in [5.74, 6) is 0.0615. The molecule has 0 radical (unpaired) electrons. The lowest BCUT2D eigenvalue weighted by Crippen LogP contribution is -2.47. The third kappa shape index (κ3) is 9.00. The van der Waals surface area contributed by atoms with Gasteiger partial charge in [-0.25, -0.2) is 4.39 Å². The van der Waals surface area contributed by atoms with Gasteiger partial charge in [0.25, 0.3) is 5.91 Å². The molecule has 3 rings (SSSR count). The van der Waals surface area contributed by atoms with Gasteiger partial charge >= 0.3 is 0 Å². The highest BCUT2D eigenvalue weighted by Gasteiger charge is 2.25. The Bertz CT molecular complexity index is 1400. The summed E-state index contributed by atoms with van der Waals surface area (Å²) in [7, 11) is 1.07. The maximum atomic E-state index is 13.3. The number of anilines is 1. The zero-order chi connectivity index (χ0) is 30.5. The van der Waals surface area contributed by atoms with Crippen molar-refractivity contribution in [3.05, 3.63) is 90.2 Å². The summed E-state index contributed by atoms with van der Waals surface area (Å²) >= 11 is 0. The Morgan fingerprint density at radius 1 is 0.905 bits per heavy atom. The fourth-order valence-electron chi connectivity index (χ4n) is 3.85. The largest absolute Gasteiger partial charge is 0.497 e. The maximum absolute atomic E-state index is 13.3. The number of para-hydroxylation sites is 1. The molecule has 3 aromatic rings. The van der Waals surface area contributed by atoms with Gasteiger partial charge in [-0.3, -0.25) is 4.79 Å². The van der Waals surface area contributed by atoms with Gasteiger partial charge < -0.3 is 24.1 Å². The predicted molar refractivity (Wildman–Crippen MR) is 167 cm³/mol. The van der Waals surface area contributed by atoms with Gasteiger partial charge in [0.05, 0.1) is 6.23 Å². The van der Waals surface area contributed by atoms with E-state index in [0.29, 0.717) is 35.7 Å². The van der Waals surface area contributed by atoms with Crippen LogP contribution in [0.1, 0.15) is 19.4 Å². The molecule has 0 fully saturated rings. The van der Waals surface area contributed by atoms with Crippen LogP contribution in [0, 0.1) is 5.82 Å². The second-order valence-electron chi connectivity index (χ2n) is 9.93. The number of oxime groups is 3. The van der Waals surface area contributed by atoms with Crippen LogP contribution >= 0.6 is 0 Å². The lowest BCUT2D eigenvalue weighted by atomic mass is 10.1. The Labute approximate surface area is 247 Å². The van der Waals surface area contributed by atoms with E-state index in [0.717, 1.165) is 10.8 Å². The summed E-state index contributed by atoms with van der Waals surface area (Å²) in [5, 5.41) is 13.3. The van der Waals surface area contributed by atoms with Gasteiger partial charge in [-0.05, 0) is 62.4 Å². The van der Waals surface area contributed by atoms with Crippen LogP contribution in [0.4, 0.5) is 10.1 Å². The first kappa shape index (κ1) is 32.0. The number of nitrogens with zero attached hydrogens (tertiary/aromatic N) is 4. The molecule has 0 spiro atoms. The molecule has 0 saturated heterocycles. The molecule has 9 nitrogen and oxygen atoms in total. The van der Waals surface area contributed by atoms with E-state index in [9.17, 15) is 9.18 Å². The summed E-state index contributed by atoms with van der Waals surface area (Å²) < 4.78 is 19.4. The number of rotatable bonds is 14. The van der Waals surface area contributed by atoms with Crippen molar-refractivity contribution in [3.8, 4) is 5.75 Å². The predicted octanol–water partition coefficient (Wildman–Crippen LogP) is 5.16. The number of ether oxygens (including phenoxy) is 1. The summed E-state index contributed by atoms with van der Waals surface area (Å²) in [6.45, 7) is 8.06. The van der Waals surface area contributed by atoms with Gasteiger partial charge in [0, 0.05) is 18.3 Å².